The zero-order chi connectivity index (χ0) is 15.9. The van der Waals surface area contributed by atoms with Gasteiger partial charge in [-0.2, -0.15) is 0 Å². The van der Waals surface area contributed by atoms with E-state index < -0.39 is 0 Å². The molecule has 1 aromatic heterocycles. The number of nitrogens with one attached hydrogen (secondary N) is 1. The Labute approximate surface area is 133 Å². The molecule has 7 nitrogen and oxygen atoms in total. The first kappa shape index (κ1) is 16.2. The highest BCUT2D eigenvalue weighted by atomic mass is 32.2. The normalized spacial score (nSPS) is 10.5. The van der Waals surface area contributed by atoms with Gasteiger partial charge in [-0.1, -0.05) is 18.7 Å². The zero-order valence-electron chi connectivity index (χ0n) is 12.6. The number of nitrogens with zero attached hydrogens (tertiary/aromatic N) is 3. The first-order valence-electron chi connectivity index (χ1n) is 6.99. The Bertz CT molecular complexity index is 627. The van der Waals surface area contributed by atoms with Gasteiger partial charge in [0.25, 0.3) is 0 Å². The summed E-state index contributed by atoms with van der Waals surface area (Å²) in [5.41, 5.74) is 0.720. The van der Waals surface area contributed by atoms with Gasteiger partial charge in [0.05, 0.1) is 12.4 Å². The highest BCUT2D eigenvalue weighted by Gasteiger charge is 2.11. The van der Waals surface area contributed by atoms with Crippen LogP contribution in [0.3, 0.4) is 0 Å². The number of carbonyl (C=O) groups excluding carboxylic acids is 1. The number of nitrogens with two attached hydrogens (primary N) is 1. The number of ether oxygens (including phenoxy) is 1. The van der Waals surface area contributed by atoms with Crippen LogP contribution in [-0.2, 0) is 11.2 Å². The summed E-state index contributed by atoms with van der Waals surface area (Å²) >= 11 is 1.25. The summed E-state index contributed by atoms with van der Waals surface area (Å²) in [6.45, 7) is 4.48. The van der Waals surface area contributed by atoms with E-state index in [0.29, 0.717) is 24.0 Å². The fraction of sp³-hybridized carbons (Fsp3) is 0.357. The Morgan fingerprint density at radius 1 is 1.32 bits per heavy atom. The zero-order valence-corrected chi connectivity index (χ0v) is 13.4. The summed E-state index contributed by atoms with van der Waals surface area (Å²) < 4.78 is 6.76. The SMILES string of the molecule is CCOc1ccc(NC(=O)CSc2nnc(CC)n2N)cc1. The molecular weight excluding hydrogens is 302 g/mol. The minimum absolute atomic E-state index is 0.129. The van der Waals surface area contributed by atoms with Crippen LogP contribution in [0.5, 0.6) is 5.75 Å². The van der Waals surface area contributed by atoms with Crippen LogP contribution in [0.2, 0.25) is 0 Å². The van der Waals surface area contributed by atoms with E-state index in [1.165, 1.54) is 16.4 Å². The molecule has 22 heavy (non-hydrogen) atoms. The molecule has 0 spiro atoms. The van der Waals surface area contributed by atoms with Crippen LogP contribution in [0, 0.1) is 0 Å². The fourth-order valence-corrected chi connectivity index (χ4v) is 2.45. The van der Waals surface area contributed by atoms with Crippen LogP contribution in [0.4, 0.5) is 5.69 Å². The number of rotatable bonds is 7. The number of amides is 1. The average Bonchev–Trinajstić information content (AvgIpc) is 2.88. The Kier molecular flexibility index (Phi) is 5.65. The number of nitrogen functional groups attached to an aromatic ring is 1. The van der Waals surface area contributed by atoms with E-state index in [4.69, 9.17) is 10.6 Å². The summed E-state index contributed by atoms with van der Waals surface area (Å²) in [7, 11) is 0. The molecule has 2 rings (SSSR count). The van der Waals surface area contributed by atoms with E-state index in [1.807, 2.05) is 26.0 Å². The highest BCUT2D eigenvalue weighted by Crippen LogP contribution is 2.18. The second-order valence-corrected chi connectivity index (χ2v) is 5.36. The van der Waals surface area contributed by atoms with Gasteiger partial charge in [0.15, 0.2) is 5.82 Å². The number of aromatic nitrogens is 3. The molecule has 8 heteroatoms. The van der Waals surface area contributed by atoms with E-state index in [1.54, 1.807) is 12.1 Å². The van der Waals surface area contributed by atoms with Gasteiger partial charge in [-0.25, -0.2) is 4.68 Å². The van der Waals surface area contributed by atoms with Crippen LogP contribution in [0.25, 0.3) is 0 Å². The quantitative estimate of drug-likeness (QED) is 0.595. The number of aryl methyl sites for hydroxylation is 1. The fourth-order valence-electron chi connectivity index (χ4n) is 1.78. The van der Waals surface area contributed by atoms with Crippen molar-refractivity contribution in [2.24, 2.45) is 0 Å². The maximum Gasteiger partial charge on any atom is 0.234 e. The molecule has 0 fully saturated rings. The van der Waals surface area contributed by atoms with Gasteiger partial charge in [0.1, 0.15) is 5.75 Å². The Morgan fingerprint density at radius 3 is 2.64 bits per heavy atom. The third-order valence-corrected chi connectivity index (χ3v) is 3.78. The molecule has 1 amide bonds. The van der Waals surface area contributed by atoms with Gasteiger partial charge >= 0.3 is 0 Å². The van der Waals surface area contributed by atoms with E-state index in [-0.39, 0.29) is 11.7 Å². The largest absolute Gasteiger partial charge is 0.494 e. The summed E-state index contributed by atoms with van der Waals surface area (Å²) in [5.74, 6) is 7.37. The van der Waals surface area contributed by atoms with Crippen molar-refractivity contribution in [1.82, 2.24) is 14.9 Å². The first-order chi connectivity index (χ1) is 10.6. The molecule has 118 valence electrons. The minimum Gasteiger partial charge on any atom is -0.494 e. The molecular formula is C14H19N5O2S. The van der Waals surface area contributed by atoms with Gasteiger partial charge in [-0.05, 0) is 31.2 Å². The van der Waals surface area contributed by atoms with Crippen molar-refractivity contribution in [3.05, 3.63) is 30.1 Å². The van der Waals surface area contributed by atoms with Gasteiger partial charge in [-0.3, -0.25) is 4.79 Å². The summed E-state index contributed by atoms with van der Waals surface area (Å²) in [6, 6.07) is 7.23. The number of hydrogen-bond acceptors (Lipinski definition) is 6. The lowest BCUT2D eigenvalue weighted by Gasteiger charge is -2.07. The monoisotopic (exact) mass is 321 g/mol. The maximum atomic E-state index is 11.9. The molecule has 3 N–H and O–H groups in total. The third-order valence-electron chi connectivity index (χ3n) is 2.83. The molecule has 0 saturated heterocycles. The van der Waals surface area contributed by atoms with E-state index in [9.17, 15) is 4.79 Å². The van der Waals surface area contributed by atoms with Crippen LogP contribution in [0.1, 0.15) is 19.7 Å². The highest BCUT2D eigenvalue weighted by molar-refractivity contribution is 7.99. The Morgan fingerprint density at radius 2 is 2.05 bits per heavy atom. The molecule has 0 saturated carbocycles. The van der Waals surface area contributed by atoms with Crippen LogP contribution < -0.4 is 15.9 Å². The lowest BCUT2D eigenvalue weighted by atomic mass is 10.3. The van der Waals surface area contributed by atoms with Crippen molar-refractivity contribution in [2.45, 2.75) is 25.4 Å². The van der Waals surface area contributed by atoms with Crippen molar-refractivity contribution < 1.29 is 9.53 Å². The molecule has 0 aliphatic rings. The van der Waals surface area contributed by atoms with Crippen LogP contribution in [-0.4, -0.2) is 33.1 Å². The lowest BCUT2D eigenvalue weighted by molar-refractivity contribution is -0.113. The molecule has 1 aromatic carbocycles. The van der Waals surface area contributed by atoms with Crippen molar-refractivity contribution in [2.75, 3.05) is 23.5 Å². The topological polar surface area (TPSA) is 95.1 Å². The first-order valence-corrected chi connectivity index (χ1v) is 7.97. The van der Waals surface area contributed by atoms with Crippen molar-refractivity contribution in [1.29, 1.82) is 0 Å². The van der Waals surface area contributed by atoms with Gasteiger partial charge in [0, 0.05) is 12.1 Å². The van der Waals surface area contributed by atoms with Gasteiger partial charge in [0.2, 0.25) is 11.1 Å². The van der Waals surface area contributed by atoms with E-state index in [2.05, 4.69) is 15.5 Å². The second kappa shape index (κ2) is 7.69. The smallest absolute Gasteiger partial charge is 0.234 e. The number of hydrogen-bond donors (Lipinski definition) is 2. The number of anilines is 1. The van der Waals surface area contributed by atoms with E-state index >= 15 is 0 Å². The molecule has 0 bridgehead atoms. The lowest BCUT2D eigenvalue weighted by Crippen LogP contribution is -2.17. The third kappa shape index (κ3) is 4.14. The number of thioether (sulfide) groups is 1. The molecule has 1 heterocycles. The number of benzene rings is 1. The predicted molar refractivity (Wildman–Crippen MR) is 86.5 cm³/mol. The molecule has 2 aromatic rings. The molecule has 0 radical (unpaired) electrons. The second-order valence-electron chi connectivity index (χ2n) is 4.42. The Hall–Kier alpha value is -2.22. The summed E-state index contributed by atoms with van der Waals surface area (Å²) in [6.07, 6.45) is 0.697. The van der Waals surface area contributed by atoms with E-state index in [0.717, 1.165) is 11.4 Å². The van der Waals surface area contributed by atoms with Crippen LogP contribution >= 0.6 is 11.8 Å². The van der Waals surface area contributed by atoms with Crippen LogP contribution in [0.15, 0.2) is 29.4 Å². The predicted octanol–water partition coefficient (Wildman–Crippen LogP) is 1.68. The van der Waals surface area contributed by atoms with Crippen molar-refractivity contribution in [3.8, 4) is 5.75 Å². The molecule has 0 aliphatic carbocycles. The van der Waals surface area contributed by atoms with Crippen molar-refractivity contribution >= 4 is 23.4 Å². The Balaban J connectivity index is 1.86. The molecule has 0 unspecified atom stereocenters. The van der Waals surface area contributed by atoms with Crippen molar-refractivity contribution in [3.63, 3.8) is 0 Å². The van der Waals surface area contributed by atoms with Gasteiger partial charge in [-0.15, -0.1) is 10.2 Å². The summed E-state index contributed by atoms with van der Waals surface area (Å²) in [5, 5.41) is 11.2. The molecule has 0 aliphatic heterocycles. The van der Waals surface area contributed by atoms with Gasteiger partial charge < -0.3 is 15.9 Å². The minimum atomic E-state index is -0.129. The average molecular weight is 321 g/mol. The standard InChI is InChI=1S/C14H19N5O2S/c1-3-12-17-18-14(19(12)15)22-9-13(20)16-10-5-7-11(8-6-10)21-4-2/h5-8H,3-4,9,15H2,1-2H3,(H,16,20). The summed E-state index contributed by atoms with van der Waals surface area (Å²) in [4.78, 5) is 11.9. The maximum absolute atomic E-state index is 11.9. The molecule has 0 atom stereocenters. The number of carbonyl (C=O) groups is 1.